The number of rotatable bonds is 4. The number of urea groups is 1. The summed E-state index contributed by atoms with van der Waals surface area (Å²) in [6, 6.07) is 4.16. The lowest BCUT2D eigenvalue weighted by atomic mass is 10.1. The Bertz CT molecular complexity index is 682. The number of ether oxygens (including phenoxy) is 1. The normalized spacial score (nSPS) is 15.9. The van der Waals surface area contributed by atoms with Crippen molar-refractivity contribution in [2.45, 2.75) is 51.2 Å². The molecular weight excluding hydrogens is 375 g/mol. The molecule has 0 spiro atoms. The van der Waals surface area contributed by atoms with Crippen LogP contribution in [0.5, 0.6) is 0 Å². The quantitative estimate of drug-likeness (QED) is 0.792. The molecule has 6 nitrogen and oxygen atoms in total. The number of halogens is 3. The largest absolute Gasteiger partial charge is 0.444 e. The summed E-state index contributed by atoms with van der Waals surface area (Å²) in [5, 5.41) is 5.35. The number of hydrogen-bond acceptors (Lipinski definition) is 3. The monoisotopic (exact) mass is 401 g/mol. The van der Waals surface area contributed by atoms with E-state index in [2.05, 4.69) is 10.6 Å². The number of nitrogens with one attached hydrogen (secondary N) is 2. The third-order valence-corrected chi connectivity index (χ3v) is 4.21. The molecule has 1 aromatic rings. The molecule has 1 fully saturated rings. The number of carbonyl (C=O) groups is 2. The van der Waals surface area contributed by atoms with E-state index in [0.717, 1.165) is 12.1 Å². The molecule has 3 amide bonds. The minimum atomic E-state index is -3.54. The van der Waals surface area contributed by atoms with E-state index in [1.165, 1.54) is 12.1 Å². The summed E-state index contributed by atoms with van der Waals surface area (Å²) < 4.78 is 44.2. The van der Waals surface area contributed by atoms with Gasteiger partial charge in [-0.15, -0.1) is 0 Å². The standard InChI is InChI=1S/C19H26F3N3O3/c1-18(2,3)28-17(27)25-10-8-15(9-11-25)24-16(26)23-14-6-4-13(5-7-14)19(21,22)12-20/h4-7,15H,8-12H2,1-3H3,(H2,23,24,26). The molecule has 0 saturated carbocycles. The first kappa shape index (κ1) is 21.8. The highest BCUT2D eigenvalue weighted by Gasteiger charge is 2.31. The Morgan fingerprint density at radius 3 is 2.21 bits per heavy atom. The molecule has 1 saturated heterocycles. The van der Waals surface area contributed by atoms with Crippen LogP contribution in [0.15, 0.2) is 24.3 Å². The summed E-state index contributed by atoms with van der Waals surface area (Å²) in [4.78, 5) is 25.7. The number of benzene rings is 1. The number of amides is 3. The van der Waals surface area contributed by atoms with Gasteiger partial charge in [0, 0.05) is 30.4 Å². The highest BCUT2D eigenvalue weighted by Crippen LogP contribution is 2.29. The smallest absolute Gasteiger partial charge is 0.410 e. The summed E-state index contributed by atoms with van der Waals surface area (Å²) in [7, 11) is 0. The van der Waals surface area contributed by atoms with E-state index in [1.54, 1.807) is 25.7 Å². The van der Waals surface area contributed by atoms with Crippen LogP contribution in [0.2, 0.25) is 0 Å². The predicted octanol–water partition coefficient (Wildman–Crippen LogP) is 4.27. The Kier molecular flexibility index (Phi) is 6.79. The van der Waals surface area contributed by atoms with Crippen molar-refractivity contribution in [2.75, 3.05) is 25.1 Å². The molecule has 1 aromatic carbocycles. The van der Waals surface area contributed by atoms with E-state index in [1.807, 2.05) is 0 Å². The van der Waals surface area contributed by atoms with Gasteiger partial charge in [0.25, 0.3) is 0 Å². The zero-order valence-electron chi connectivity index (χ0n) is 16.2. The Morgan fingerprint density at radius 1 is 1.14 bits per heavy atom. The van der Waals surface area contributed by atoms with Crippen LogP contribution in [0, 0.1) is 0 Å². The van der Waals surface area contributed by atoms with Crippen molar-refractivity contribution in [3.63, 3.8) is 0 Å². The Hall–Kier alpha value is -2.45. The van der Waals surface area contributed by atoms with Crippen LogP contribution >= 0.6 is 0 Å². The second-order valence-electron chi connectivity index (χ2n) is 7.76. The number of anilines is 1. The second kappa shape index (κ2) is 8.70. The van der Waals surface area contributed by atoms with Crippen molar-refractivity contribution in [1.29, 1.82) is 0 Å². The maximum Gasteiger partial charge on any atom is 0.410 e. The molecular formula is C19H26F3N3O3. The molecule has 1 aliphatic rings. The Morgan fingerprint density at radius 2 is 1.71 bits per heavy atom. The van der Waals surface area contributed by atoms with Crippen molar-refractivity contribution < 1.29 is 27.5 Å². The maximum absolute atomic E-state index is 13.3. The third kappa shape index (κ3) is 6.31. The molecule has 0 bridgehead atoms. The average Bonchev–Trinajstić information content (AvgIpc) is 2.61. The molecule has 2 N–H and O–H groups in total. The van der Waals surface area contributed by atoms with Crippen LogP contribution in [0.4, 0.5) is 28.4 Å². The number of alkyl halides is 3. The van der Waals surface area contributed by atoms with Crippen LogP contribution < -0.4 is 10.6 Å². The van der Waals surface area contributed by atoms with Crippen molar-refractivity contribution >= 4 is 17.8 Å². The molecule has 2 rings (SSSR count). The van der Waals surface area contributed by atoms with Gasteiger partial charge in [-0.05, 0) is 45.7 Å². The lowest BCUT2D eigenvalue weighted by Crippen LogP contribution is -2.48. The van der Waals surface area contributed by atoms with Gasteiger partial charge in [-0.25, -0.2) is 14.0 Å². The summed E-state index contributed by atoms with van der Waals surface area (Å²) in [5.41, 5.74) is -0.687. The summed E-state index contributed by atoms with van der Waals surface area (Å²) in [5.74, 6) is -3.54. The molecule has 0 aromatic heterocycles. The molecule has 0 aliphatic carbocycles. The van der Waals surface area contributed by atoms with Gasteiger partial charge in [0.15, 0.2) is 6.67 Å². The number of likely N-dealkylation sites (tertiary alicyclic amines) is 1. The Balaban J connectivity index is 1.79. The molecule has 1 aliphatic heterocycles. The molecule has 9 heteroatoms. The van der Waals surface area contributed by atoms with E-state index in [4.69, 9.17) is 4.74 Å². The zero-order valence-corrected chi connectivity index (χ0v) is 16.2. The van der Waals surface area contributed by atoms with Crippen LogP contribution in [0.1, 0.15) is 39.2 Å². The number of nitrogens with zero attached hydrogens (tertiary/aromatic N) is 1. The predicted molar refractivity (Wildman–Crippen MR) is 99.3 cm³/mol. The second-order valence-corrected chi connectivity index (χ2v) is 7.76. The minimum absolute atomic E-state index is 0.117. The topological polar surface area (TPSA) is 70.7 Å². The van der Waals surface area contributed by atoms with E-state index in [-0.39, 0.29) is 12.1 Å². The van der Waals surface area contributed by atoms with E-state index >= 15 is 0 Å². The molecule has 156 valence electrons. The van der Waals surface area contributed by atoms with Crippen molar-refractivity contribution in [3.8, 4) is 0 Å². The molecule has 1 heterocycles. The van der Waals surface area contributed by atoms with Gasteiger partial charge >= 0.3 is 18.0 Å². The molecule has 0 radical (unpaired) electrons. The van der Waals surface area contributed by atoms with Crippen molar-refractivity contribution in [1.82, 2.24) is 10.2 Å². The summed E-state index contributed by atoms with van der Waals surface area (Å²) in [6.45, 7) is 4.56. The highest BCUT2D eigenvalue weighted by atomic mass is 19.3. The van der Waals surface area contributed by atoms with Crippen LogP contribution in [0.25, 0.3) is 0 Å². The lowest BCUT2D eigenvalue weighted by molar-refractivity contribution is -0.0280. The summed E-state index contributed by atoms with van der Waals surface area (Å²) in [6.07, 6.45) is 0.781. The molecule has 0 unspecified atom stereocenters. The minimum Gasteiger partial charge on any atom is -0.444 e. The maximum atomic E-state index is 13.3. The van der Waals surface area contributed by atoms with Gasteiger partial charge in [-0.1, -0.05) is 12.1 Å². The van der Waals surface area contributed by atoms with Crippen molar-refractivity contribution in [2.24, 2.45) is 0 Å². The van der Waals surface area contributed by atoms with Gasteiger partial charge in [-0.3, -0.25) is 0 Å². The average molecular weight is 401 g/mol. The van der Waals surface area contributed by atoms with Gasteiger partial charge in [0.1, 0.15) is 5.60 Å². The fraction of sp³-hybridized carbons (Fsp3) is 0.579. The summed E-state index contributed by atoms with van der Waals surface area (Å²) >= 11 is 0. The Labute approximate surface area is 162 Å². The first-order valence-corrected chi connectivity index (χ1v) is 9.10. The number of hydrogen-bond donors (Lipinski definition) is 2. The van der Waals surface area contributed by atoms with E-state index < -0.39 is 29.8 Å². The van der Waals surface area contributed by atoms with Gasteiger partial charge in [0.2, 0.25) is 0 Å². The van der Waals surface area contributed by atoms with E-state index in [0.29, 0.717) is 31.6 Å². The zero-order chi connectivity index (χ0) is 20.9. The fourth-order valence-electron chi connectivity index (χ4n) is 2.76. The van der Waals surface area contributed by atoms with Gasteiger partial charge in [0.05, 0.1) is 0 Å². The molecule has 28 heavy (non-hydrogen) atoms. The van der Waals surface area contributed by atoms with E-state index in [9.17, 15) is 22.8 Å². The fourth-order valence-corrected chi connectivity index (χ4v) is 2.76. The van der Waals surface area contributed by atoms with Gasteiger partial charge < -0.3 is 20.3 Å². The first-order valence-electron chi connectivity index (χ1n) is 9.10. The number of piperidine rings is 1. The van der Waals surface area contributed by atoms with Crippen LogP contribution in [-0.4, -0.2) is 48.4 Å². The first-order chi connectivity index (χ1) is 13.0. The number of carbonyl (C=O) groups excluding carboxylic acids is 2. The lowest BCUT2D eigenvalue weighted by Gasteiger charge is -2.33. The highest BCUT2D eigenvalue weighted by molar-refractivity contribution is 5.89. The van der Waals surface area contributed by atoms with Crippen LogP contribution in [0.3, 0.4) is 0 Å². The SMILES string of the molecule is CC(C)(C)OC(=O)N1CCC(NC(=O)Nc2ccc(C(F)(F)CF)cc2)CC1. The van der Waals surface area contributed by atoms with Gasteiger partial charge in [-0.2, -0.15) is 8.78 Å². The third-order valence-electron chi connectivity index (χ3n) is 4.21. The van der Waals surface area contributed by atoms with Crippen molar-refractivity contribution in [3.05, 3.63) is 29.8 Å². The molecule has 0 atom stereocenters. The van der Waals surface area contributed by atoms with Crippen LogP contribution in [-0.2, 0) is 10.7 Å².